The van der Waals surface area contributed by atoms with Gasteiger partial charge in [-0.1, -0.05) is 27.7 Å². The van der Waals surface area contributed by atoms with Crippen molar-refractivity contribution in [2.45, 2.75) is 59.9 Å². The first-order chi connectivity index (χ1) is 5.27. The Balaban J connectivity index is 4.13. The van der Waals surface area contributed by atoms with Gasteiger partial charge in [-0.05, 0) is 38.3 Å². The van der Waals surface area contributed by atoms with Gasteiger partial charge >= 0.3 is 0 Å². The summed E-state index contributed by atoms with van der Waals surface area (Å²) in [4.78, 5) is 4.53. The van der Waals surface area contributed by atoms with Crippen molar-refractivity contribution in [1.82, 2.24) is 0 Å². The first-order valence-corrected chi connectivity index (χ1v) is 4.80. The molecule has 0 aromatic rings. The van der Waals surface area contributed by atoms with Gasteiger partial charge in [-0.25, -0.2) is 0 Å². The molecule has 1 nitrogen and oxygen atoms in total. The van der Waals surface area contributed by atoms with Crippen molar-refractivity contribution in [2.75, 3.05) is 0 Å². The van der Waals surface area contributed by atoms with E-state index in [-0.39, 0.29) is 5.54 Å². The summed E-state index contributed by atoms with van der Waals surface area (Å²) >= 11 is 0. The number of aliphatic imine (C=N–C) groups is 1. The van der Waals surface area contributed by atoms with E-state index in [1.165, 1.54) is 0 Å². The lowest BCUT2D eigenvalue weighted by molar-refractivity contribution is 0.289. The maximum Gasteiger partial charge on any atom is 0.0553 e. The second-order valence-corrected chi connectivity index (χ2v) is 5.27. The van der Waals surface area contributed by atoms with Gasteiger partial charge in [0, 0.05) is 0 Å². The molecule has 0 bridgehead atoms. The van der Waals surface area contributed by atoms with Crippen LogP contribution < -0.4 is 0 Å². The van der Waals surface area contributed by atoms with Crippen LogP contribution in [-0.4, -0.2) is 11.8 Å². The van der Waals surface area contributed by atoms with Gasteiger partial charge in [-0.15, -0.1) is 0 Å². The van der Waals surface area contributed by atoms with E-state index in [0.717, 1.165) is 12.8 Å². The Morgan fingerprint density at radius 2 is 1.58 bits per heavy atom. The summed E-state index contributed by atoms with van der Waals surface area (Å²) < 4.78 is 0. The summed E-state index contributed by atoms with van der Waals surface area (Å²) in [5, 5.41) is 0. The normalized spacial score (nSPS) is 14.2. The molecule has 0 rings (SSSR count). The third-order valence-electron chi connectivity index (χ3n) is 1.59. The van der Waals surface area contributed by atoms with Crippen LogP contribution in [0.2, 0.25) is 0 Å². The number of nitrogens with zero attached hydrogens (tertiary/aromatic N) is 1. The van der Waals surface area contributed by atoms with Crippen molar-refractivity contribution in [2.24, 2.45) is 10.4 Å². The topological polar surface area (TPSA) is 12.4 Å². The highest BCUT2D eigenvalue weighted by atomic mass is 14.8. The summed E-state index contributed by atoms with van der Waals surface area (Å²) in [6, 6.07) is 0. The van der Waals surface area contributed by atoms with E-state index in [1.807, 2.05) is 6.21 Å². The highest BCUT2D eigenvalue weighted by Gasteiger charge is 2.23. The number of rotatable bonds is 3. The molecule has 0 fully saturated rings. The van der Waals surface area contributed by atoms with Gasteiger partial charge in [0.1, 0.15) is 0 Å². The van der Waals surface area contributed by atoms with Crippen LogP contribution in [0.5, 0.6) is 0 Å². The van der Waals surface area contributed by atoms with Crippen molar-refractivity contribution in [1.29, 1.82) is 0 Å². The molecule has 1 heteroatoms. The van der Waals surface area contributed by atoms with Crippen LogP contribution in [0.25, 0.3) is 0 Å². The SMILES string of the molecule is CCC=NC(C)(C)CC(C)(C)C. The summed E-state index contributed by atoms with van der Waals surface area (Å²) in [6.07, 6.45) is 4.19. The maximum absolute atomic E-state index is 4.53. The Labute approximate surface area is 77.3 Å². The van der Waals surface area contributed by atoms with E-state index in [2.05, 4.69) is 46.5 Å². The molecular formula is C11H23N. The fraction of sp³-hybridized carbons (Fsp3) is 0.909. The molecule has 0 N–H and O–H groups in total. The van der Waals surface area contributed by atoms with E-state index in [9.17, 15) is 0 Å². The predicted molar refractivity (Wildman–Crippen MR) is 56.9 cm³/mol. The zero-order valence-corrected chi connectivity index (χ0v) is 9.44. The molecule has 0 unspecified atom stereocenters. The van der Waals surface area contributed by atoms with Crippen LogP contribution in [0.3, 0.4) is 0 Å². The Morgan fingerprint density at radius 3 is 1.92 bits per heavy atom. The average molecular weight is 169 g/mol. The Hall–Kier alpha value is -0.330. The molecule has 0 spiro atoms. The zero-order chi connectivity index (χ0) is 9.83. The second kappa shape index (κ2) is 4.06. The van der Waals surface area contributed by atoms with Crippen LogP contribution in [0.15, 0.2) is 4.99 Å². The fourth-order valence-corrected chi connectivity index (χ4v) is 1.68. The molecule has 0 aromatic carbocycles. The van der Waals surface area contributed by atoms with Crippen molar-refractivity contribution < 1.29 is 0 Å². The monoisotopic (exact) mass is 169 g/mol. The third-order valence-corrected chi connectivity index (χ3v) is 1.59. The number of hydrogen-bond donors (Lipinski definition) is 0. The predicted octanol–water partition coefficient (Wildman–Crippen LogP) is 3.68. The van der Waals surface area contributed by atoms with Gasteiger partial charge in [-0.2, -0.15) is 0 Å². The summed E-state index contributed by atoms with van der Waals surface area (Å²) in [6.45, 7) is 13.3. The van der Waals surface area contributed by atoms with Crippen LogP contribution in [0, 0.1) is 5.41 Å². The molecule has 0 saturated heterocycles. The molecule has 0 heterocycles. The summed E-state index contributed by atoms with van der Waals surface area (Å²) in [7, 11) is 0. The first-order valence-electron chi connectivity index (χ1n) is 4.80. The van der Waals surface area contributed by atoms with Gasteiger partial charge in [0.05, 0.1) is 5.54 Å². The minimum atomic E-state index is 0.105. The maximum atomic E-state index is 4.53. The second-order valence-electron chi connectivity index (χ2n) is 5.27. The Morgan fingerprint density at radius 1 is 1.08 bits per heavy atom. The quantitative estimate of drug-likeness (QED) is 0.571. The smallest absolute Gasteiger partial charge is 0.0553 e. The van der Waals surface area contributed by atoms with Gasteiger partial charge in [0.15, 0.2) is 0 Å². The molecule has 72 valence electrons. The van der Waals surface area contributed by atoms with Crippen molar-refractivity contribution in [3.63, 3.8) is 0 Å². The van der Waals surface area contributed by atoms with Crippen LogP contribution >= 0.6 is 0 Å². The van der Waals surface area contributed by atoms with E-state index in [1.54, 1.807) is 0 Å². The van der Waals surface area contributed by atoms with Crippen LogP contribution in [0.4, 0.5) is 0 Å². The standard InChI is InChI=1S/C11H23N/c1-7-8-12-11(5,6)9-10(2,3)4/h8H,7,9H2,1-6H3. The zero-order valence-electron chi connectivity index (χ0n) is 9.44. The largest absolute Gasteiger partial charge is 0.291 e. The van der Waals surface area contributed by atoms with Crippen molar-refractivity contribution in [3.8, 4) is 0 Å². The van der Waals surface area contributed by atoms with Gasteiger partial charge < -0.3 is 0 Å². The van der Waals surface area contributed by atoms with Crippen LogP contribution in [-0.2, 0) is 0 Å². The van der Waals surface area contributed by atoms with Crippen molar-refractivity contribution in [3.05, 3.63) is 0 Å². The molecule has 0 aliphatic rings. The van der Waals surface area contributed by atoms with Gasteiger partial charge in [-0.3, -0.25) is 4.99 Å². The Kier molecular flexibility index (Phi) is 3.95. The summed E-state index contributed by atoms with van der Waals surface area (Å²) in [5.74, 6) is 0. The van der Waals surface area contributed by atoms with Gasteiger partial charge in [0.2, 0.25) is 0 Å². The molecule has 12 heavy (non-hydrogen) atoms. The van der Waals surface area contributed by atoms with E-state index in [0.29, 0.717) is 5.41 Å². The van der Waals surface area contributed by atoms with Crippen molar-refractivity contribution >= 4 is 6.21 Å². The van der Waals surface area contributed by atoms with E-state index < -0.39 is 0 Å². The number of hydrogen-bond acceptors (Lipinski definition) is 1. The lowest BCUT2D eigenvalue weighted by atomic mass is 9.82. The Bertz CT molecular complexity index is 149. The minimum absolute atomic E-state index is 0.105. The average Bonchev–Trinajstić information content (AvgIpc) is 1.78. The third kappa shape index (κ3) is 6.38. The molecule has 0 radical (unpaired) electrons. The molecule has 0 aliphatic carbocycles. The van der Waals surface area contributed by atoms with E-state index in [4.69, 9.17) is 0 Å². The fourth-order valence-electron chi connectivity index (χ4n) is 1.68. The molecule has 0 amide bonds. The van der Waals surface area contributed by atoms with E-state index >= 15 is 0 Å². The lowest BCUT2D eigenvalue weighted by Crippen LogP contribution is -2.24. The highest BCUT2D eigenvalue weighted by molar-refractivity contribution is 5.57. The highest BCUT2D eigenvalue weighted by Crippen LogP contribution is 2.29. The molecule has 0 aromatic heterocycles. The molecular weight excluding hydrogens is 146 g/mol. The van der Waals surface area contributed by atoms with Gasteiger partial charge in [0.25, 0.3) is 0 Å². The molecule has 0 aliphatic heterocycles. The lowest BCUT2D eigenvalue weighted by Gasteiger charge is -2.28. The van der Waals surface area contributed by atoms with Crippen LogP contribution in [0.1, 0.15) is 54.4 Å². The molecule has 0 atom stereocenters. The molecule has 0 saturated carbocycles. The first kappa shape index (κ1) is 11.7. The minimum Gasteiger partial charge on any atom is -0.291 e. The summed E-state index contributed by atoms with van der Waals surface area (Å²) in [5.41, 5.74) is 0.475.